The fourth-order valence-electron chi connectivity index (χ4n) is 1.61. The highest BCUT2D eigenvalue weighted by Crippen LogP contribution is 2.15. The Morgan fingerprint density at radius 1 is 1.47 bits per heavy atom. The molecular formula is C13H15ClFNO3. The maximum Gasteiger partial charge on any atom is 0.303 e. The van der Waals surface area contributed by atoms with Gasteiger partial charge in [-0.2, -0.15) is 0 Å². The zero-order chi connectivity index (χ0) is 14.4. The summed E-state index contributed by atoms with van der Waals surface area (Å²) in [4.78, 5) is 22.3. The van der Waals surface area contributed by atoms with E-state index in [1.54, 1.807) is 0 Å². The van der Waals surface area contributed by atoms with Gasteiger partial charge in [-0.05, 0) is 24.1 Å². The van der Waals surface area contributed by atoms with E-state index in [9.17, 15) is 14.0 Å². The zero-order valence-electron chi connectivity index (χ0n) is 10.5. The monoisotopic (exact) mass is 287 g/mol. The lowest BCUT2D eigenvalue weighted by Gasteiger charge is -2.13. The molecule has 0 heterocycles. The summed E-state index contributed by atoms with van der Waals surface area (Å²) in [5, 5.41) is 11.4. The third-order valence-electron chi connectivity index (χ3n) is 2.77. The Balaban J connectivity index is 2.61. The number of carbonyl (C=O) groups excluding carboxylic acids is 1. The average molecular weight is 288 g/mol. The molecule has 6 heteroatoms. The van der Waals surface area contributed by atoms with Crippen LogP contribution in [0.2, 0.25) is 5.02 Å². The zero-order valence-corrected chi connectivity index (χ0v) is 11.2. The Labute approximate surface area is 115 Å². The molecule has 0 saturated heterocycles. The molecule has 2 N–H and O–H groups in total. The van der Waals surface area contributed by atoms with E-state index in [0.717, 1.165) is 6.07 Å². The largest absolute Gasteiger partial charge is 0.481 e. The molecule has 1 unspecified atom stereocenters. The van der Waals surface area contributed by atoms with Crippen molar-refractivity contribution in [2.45, 2.75) is 19.8 Å². The van der Waals surface area contributed by atoms with E-state index in [2.05, 4.69) is 5.32 Å². The Kier molecular flexibility index (Phi) is 5.76. The van der Waals surface area contributed by atoms with Crippen LogP contribution in [0.25, 0.3) is 0 Å². The average Bonchev–Trinajstić information content (AvgIpc) is 2.33. The van der Waals surface area contributed by atoms with Gasteiger partial charge in [0.05, 0.1) is 5.56 Å². The van der Waals surface area contributed by atoms with Crippen LogP contribution in [0.3, 0.4) is 0 Å². The van der Waals surface area contributed by atoms with Crippen molar-refractivity contribution < 1.29 is 19.1 Å². The molecule has 1 aromatic rings. The number of benzene rings is 1. The van der Waals surface area contributed by atoms with Crippen LogP contribution < -0.4 is 5.32 Å². The Morgan fingerprint density at radius 2 is 2.16 bits per heavy atom. The quantitative estimate of drug-likeness (QED) is 0.845. The first-order chi connectivity index (χ1) is 8.93. The smallest absolute Gasteiger partial charge is 0.303 e. The molecule has 1 amide bonds. The lowest BCUT2D eigenvalue weighted by atomic mass is 10.0. The van der Waals surface area contributed by atoms with Crippen molar-refractivity contribution in [1.82, 2.24) is 5.32 Å². The SMILES string of the molecule is CCC(CNC(=O)c1ccc(Cl)cc1F)CC(=O)O. The van der Waals surface area contributed by atoms with Crippen LogP contribution >= 0.6 is 11.6 Å². The number of aliphatic carboxylic acids is 1. The number of halogens is 2. The second-order valence-corrected chi connectivity index (χ2v) is 4.64. The molecule has 1 atom stereocenters. The van der Waals surface area contributed by atoms with Gasteiger partial charge in [-0.1, -0.05) is 24.9 Å². The van der Waals surface area contributed by atoms with Gasteiger partial charge in [0.1, 0.15) is 5.82 Å². The second kappa shape index (κ2) is 7.09. The first-order valence-electron chi connectivity index (χ1n) is 5.89. The molecule has 0 aromatic heterocycles. The molecule has 1 rings (SSSR count). The minimum atomic E-state index is -0.918. The fraction of sp³-hybridized carbons (Fsp3) is 0.385. The maximum absolute atomic E-state index is 13.5. The Bertz CT molecular complexity index is 479. The van der Waals surface area contributed by atoms with E-state index in [-0.39, 0.29) is 29.5 Å². The number of hydrogen-bond donors (Lipinski definition) is 2. The molecule has 19 heavy (non-hydrogen) atoms. The number of nitrogens with one attached hydrogen (secondary N) is 1. The van der Waals surface area contributed by atoms with Crippen LogP contribution in [0.1, 0.15) is 30.1 Å². The molecule has 0 aliphatic carbocycles. The minimum Gasteiger partial charge on any atom is -0.481 e. The summed E-state index contributed by atoms with van der Waals surface area (Å²) in [6.45, 7) is 2.03. The fourth-order valence-corrected chi connectivity index (χ4v) is 1.77. The highest BCUT2D eigenvalue weighted by atomic mass is 35.5. The Hall–Kier alpha value is -1.62. The molecule has 0 radical (unpaired) electrons. The summed E-state index contributed by atoms with van der Waals surface area (Å²) in [6, 6.07) is 3.78. The maximum atomic E-state index is 13.5. The summed E-state index contributed by atoms with van der Waals surface area (Å²) < 4.78 is 13.5. The van der Waals surface area contributed by atoms with Gasteiger partial charge in [-0.25, -0.2) is 4.39 Å². The molecule has 0 aliphatic heterocycles. The summed E-state index contributed by atoms with van der Waals surface area (Å²) in [7, 11) is 0. The molecule has 0 saturated carbocycles. The highest BCUT2D eigenvalue weighted by Gasteiger charge is 2.15. The van der Waals surface area contributed by atoms with Crippen LogP contribution in [0.4, 0.5) is 4.39 Å². The summed E-state index contributed by atoms with van der Waals surface area (Å²) >= 11 is 5.59. The van der Waals surface area contributed by atoms with E-state index < -0.39 is 17.7 Å². The van der Waals surface area contributed by atoms with E-state index in [1.165, 1.54) is 12.1 Å². The first-order valence-corrected chi connectivity index (χ1v) is 6.26. The van der Waals surface area contributed by atoms with E-state index in [4.69, 9.17) is 16.7 Å². The first kappa shape index (κ1) is 15.4. The van der Waals surface area contributed by atoms with E-state index >= 15 is 0 Å². The van der Waals surface area contributed by atoms with Gasteiger partial charge in [0.15, 0.2) is 0 Å². The standard InChI is InChI=1S/C13H15ClFNO3/c1-2-8(5-12(17)18)7-16-13(19)10-4-3-9(14)6-11(10)15/h3-4,6,8H,2,5,7H2,1H3,(H,16,19)(H,17,18). The summed E-state index contributed by atoms with van der Waals surface area (Å²) in [5.74, 6) is -2.36. The van der Waals surface area contributed by atoms with Gasteiger partial charge in [-0.15, -0.1) is 0 Å². The van der Waals surface area contributed by atoms with Crippen molar-refractivity contribution in [2.75, 3.05) is 6.54 Å². The molecule has 0 bridgehead atoms. The van der Waals surface area contributed by atoms with Crippen molar-refractivity contribution in [1.29, 1.82) is 0 Å². The lowest BCUT2D eigenvalue weighted by molar-refractivity contribution is -0.138. The predicted octanol–water partition coefficient (Wildman–Crippen LogP) is 2.71. The molecule has 1 aromatic carbocycles. The van der Waals surface area contributed by atoms with E-state index in [0.29, 0.717) is 6.42 Å². The molecule has 0 spiro atoms. The molecule has 4 nitrogen and oxygen atoms in total. The third kappa shape index (κ3) is 4.87. The number of carboxylic acids is 1. The van der Waals surface area contributed by atoms with Gasteiger partial charge in [0.25, 0.3) is 5.91 Å². The number of amides is 1. The second-order valence-electron chi connectivity index (χ2n) is 4.21. The van der Waals surface area contributed by atoms with Crippen molar-refractivity contribution in [3.63, 3.8) is 0 Å². The van der Waals surface area contributed by atoms with Crippen LogP contribution in [-0.4, -0.2) is 23.5 Å². The van der Waals surface area contributed by atoms with Crippen molar-refractivity contribution >= 4 is 23.5 Å². The van der Waals surface area contributed by atoms with Crippen LogP contribution in [0.5, 0.6) is 0 Å². The van der Waals surface area contributed by atoms with Crippen LogP contribution in [0, 0.1) is 11.7 Å². The van der Waals surface area contributed by atoms with Crippen molar-refractivity contribution in [2.24, 2.45) is 5.92 Å². The van der Waals surface area contributed by atoms with Crippen molar-refractivity contribution in [3.05, 3.63) is 34.6 Å². The van der Waals surface area contributed by atoms with Gasteiger partial charge in [0, 0.05) is 18.0 Å². The van der Waals surface area contributed by atoms with Crippen LogP contribution in [0.15, 0.2) is 18.2 Å². The third-order valence-corrected chi connectivity index (χ3v) is 3.00. The number of carboxylic acid groups (broad SMARTS) is 1. The Morgan fingerprint density at radius 3 is 2.68 bits per heavy atom. The van der Waals surface area contributed by atoms with Gasteiger partial charge < -0.3 is 10.4 Å². The molecule has 0 fully saturated rings. The summed E-state index contributed by atoms with van der Waals surface area (Å²) in [5.41, 5.74) is -0.102. The van der Waals surface area contributed by atoms with Gasteiger partial charge >= 0.3 is 5.97 Å². The van der Waals surface area contributed by atoms with Crippen LogP contribution in [-0.2, 0) is 4.79 Å². The summed E-state index contributed by atoms with van der Waals surface area (Å²) in [6.07, 6.45) is 0.593. The predicted molar refractivity (Wildman–Crippen MR) is 69.8 cm³/mol. The van der Waals surface area contributed by atoms with Crippen molar-refractivity contribution in [3.8, 4) is 0 Å². The molecule has 0 aliphatic rings. The topological polar surface area (TPSA) is 66.4 Å². The lowest BCUT2D eigenvalue weighted by Crippen LogP contribution is -2.30. The number of carbonyl (C=O) groups is 2. The molecule has 104 valence electrons. The number of hydrogen-bond acceptors (Lipinski definition) is 2. The van der Waals surface area contributed by atoms with Gasteiger partial charge in [0.2, 0.25) is 0 Å². The van der Waals surface area contributed by atoms with Gasteiger partial charge in [-0.3, -0.25) is 9.59 Å². The molecular weight excluding hydrogens is 273 g/mol. The highest BCUT2D eigenvalue weighted by molar-refractivity contribution is 6.30. The minimum absolute atomic E-state index is 0.0279. The normalized spacial score (nSPS) is 11.9. The number of rotatable bonds is 6. The van der Waals surface area contributed by atoms with E-state index in [1.807, 2.05) is 6.92 Å².